The molecule has 4 nitrogen and oxygen atoms in total. The number of nitrogens with one attached hydrogen (secondary N) is 2. The molecule has 2 aromatic rings. The molecular weight excluding hydrogens is 383 g/mol. The van der Waals surface area contributed by atoms with Crippen LogP contribution in [-0.4, -0.2) is 24.4 Å². The zero-order chi connectivity index (χ0) is 19.6. The Morgan fingerprint density at radius 1 is 1.15 bits per heavy atom. The molecule has 0 heterocycles. The molecular formula is C21H22Cl2N2O2. The lowest BCUT2D eigenvalue weighted by atomic mass is 9.77. The fraction of sp³-hybridized carbons (Fsp3) is 0.333. The van der Waals surface area contributed by atoms with Crippen LogP contribution in [0.4, 0.5) is 0 Å². The lowest BCUT2D eigenvalue weighted by molar-refractivity contribution is -0.124. The predicted octanol–water partition coefficient (Wildman–Crippen LogP) is 4.20. The number of hydrogen-bond donors (Lipinski definition) is 2. The van der Waals surface area contributed by atoms with Gasteiger partial charge in [0.2, 0.25) is 5.91 Å². The number of hydrogen-bond acceptors (Lipinski definition) is 2. The van der Waals surface area contributed by atoms with Gasteiger partial charge in [-0.25, -0.2) is 0 Å². The van der Waals surface area contributed by atoms with Crippen LogP contribution in [0, 0.1) is 5.92 Å². The second-order valence-electron chi connectivity index (χ2n) is 7.16. The van der Waals surface area contributed by atoms with E-state index in [4.69, 9.17) is 23.2 Å². The normalized spacial score (nSPS) is 16.3. The highest BCUT2D eigenvalue weighted by atomic mass is 35.5. The fourth-order valence-corrected chi connectivity index (χ4v) is 3.80. The Kier molecular flexibility index (Phi) is 6.08. The first-order chi connectivity index (χ1) is 12.9. The van der Waals surface area contributed by atoms with Crippen molar-refractivity contribution in [3.8, 4) is 0 Å². The minimum absolute atomic E-state index is 0.0614. The Balaban J connectivity index is 1.61. The molecule has 0 saturated heterocycles. The summed E-state index contributed by atoms with van der Waals surface area (Å²) in [6, 6.07) is 12.3. The molecule has 2 unspecified atom stereocenters. The SMILES string of the molecule is CC(C)C(NC(=O)c1ccc(Cl)cc1Cl)C(=O)NCC1Cc2ccccc21. The Labute approximate surface area is 169 Å². The summed E-state index contributed by atoms with van der Waals surface area (Å²) >= 11 is 12.0. The van der Waals surface area contributed by atoms with E-state index in [0.717, 1.165) is 6.42 Å². The van der Waals surface area contributed by atoms with Gasteiger partial charge >= 0.3 is 0 Å². The van der Waals surface area contributed by atoms with Gasteiger partial charge in [-0.1, -0.05) is 61.3 Å². The lowest BCUT2D eigenvalue weighted by Gasteiger charge is -2.31. The van der Waals surface area contributed by atoms with Crippen molar-refractivity contribution in [1.82, 2.24) is 10.6 Å². The van der Waals surface area contributed by atoms with Crippen LogP contribution in [0.25, 0.3) is 0 Å². The molecule has 6 heteroatoms. The van der Waals surface area contributed by atoms with Gasteiger partial charge in [0.15, 0.2) is 0 Å². The van der Waals surface area contributed by atoms with Crippen LogP contribution in [0.3, 0.4) is 0 Å². The van der Waals surface area contributed by atoms with E-state index in [1.165, 1.54) is 17.2 Å². The molecule has 2 N–H and O–H groups in total. The summed E-state index contributed by atoms with van der Waals surface area (Å²) in [5.41, 5.74) is 2.92. The van der Waals surface area contributed by atoms with Crippen LogP contribution in [0.15, 0.2) is 42.5 Å². The first-order valence-electron chi connectivity index (χ1n) is 8.98. The van der Waals surface area contributed by atoms with Crippen LogP contribution in [-0.2, 0) is 11.2 Å². The number of amides is 2. The van der Waals surface area contributed by atoms with Gasteiger partial charge in [0.05, 0.1) is 10.6 Å². The number of benzene rings is 2. The van der Waals surface area contributed by atoms with Crippen LogP contribution >= 0.6 is 23.2 Å². The summed E-state index contributed by atoms with van der Waals surface area (Å²) in [6.45, 7) is 4.36. The van der Waals surface area contributed by atoms with E-state index in [9.17, 15) is 9.59 Å². The van der Waals surface area contributed by atoms with Crippen molar-refractivity contribution < 1.29 is 9.59 Å². The Morgan fingerprint density at radius 2 is 1.89 bits per heavy atom. The van der Waals surface area contributed by atoms with Crippen LogP contribution < -0.4 is 10.6 Å². The van der Waals surface area contributed by atoms with Gasteiger partial charge < -0.3 is 10.6 Å². The van der Waals surface area contributed by atoms with Crippen LogP contribution in [0.2, 0.25) is 10.0 Å². The second kappa shape index (κ2) is 8.32. The molecule has 2 atom stereocenters. The maximum Gasteiger partial charge on any atom is 0.253 e. The zero-order valence-electron chi connectivity index (χ0n) is 15.3. The van der Waals surface area contributed by atoms with E-state index in [-0.39, 0.29) is 22.8 Å². The first kappa shape index (κ1) is 19.7. The van der Waals surface area contributed by atoms with E-state index in [1.807, 2.05) is 26.0 Å². The summed E-state index contributed by atoms with van der Waals surface area (Å²) in [4.78, 5) is 25.2. The molecule has 1 aliphatic rings. The molecule has 1 aliphatic carbocycles. The summed E-state index contributed by atoms with van der Waals surface area (Å²) < 4.78 is 0. The highest BCUT2D eigenvalue weighted by molar-refractivity contribution is 6.36. The third-order valence-electron chi connectivity index (χ3n) is 4.90. The van der Waals surface area contributed by atoms with Crippen molar-refractivity contribution in [1.29, 1.82) is 0 Å². The summed E-state index contributed by atoms with van der Waals surface area (Å²) in [7, 11) is 0. The average molecular weight is 405 g/mol. The van der Waals surface area contributed by atoms with E-state index >= 15 is 0 Å². The van der Waals surface area contributed by atoms with Crippen molar-refractivity contribution in [2.45, 2.75) is 32.2 Å². The second-order valence-corrected chi connectivity index (χ2v) is 8.01. The molecule has 0 saturated carbocycles. The Bertz CT molecular complexity index is 867. The van der Waals surface area contributed by atoms with Crippen molar-refractivity contribution >= 4 is 35.0 Å². The van der Waals surface area contributed by atoms with Gasteiger partial charge in [0, 0.05) is 17.5 Å². The first-order valence-corrected chi connectivity index (χ1v) is 9.74. The van der Waals surface area contributed by atoms with E-state index in [0.29, 0.717) is 23.0 Å². The molecule has 0 aliphatic heterocycles. The number of carbonyl (C=O) groups is 2. The van der Waals surface area contributed by atoms with Gasteiger partial charge in [-0.2, -0.15) is 0 Å². The highest BCUT2D eigenvalue weighted by Gasteiger charge is 2.29. The Hall–Kier alpha value is -2.04. The molecule has 0 spiro atoms. The quantitative estimate of drug-likeness (QED) is 0.757. The molecule has 0 bridgehead atoms. The van der Waals surface area contributed by atoms with Crippen molar-refractivity contribution in [3.05, 3.63) is 69.2 Å². The molecule has 2 aromatic carbocycles. The van der Waals surface area contributed by atoms with Crippen LogP contribution in [0.1, 0.15) is 41.3 Å². The molecule has 3 rings (SSSR count). The minimum atomic E-state index is -0.639. The fourth-order valence-electron chi connectivity index (χ4n) is 3.31. The van der Waals surface area contributed by atoms with Gasteiger partial charge in [0.1, 0.15) is 6.04 Å². The largest absolute Gasteiger partial charge is 0.354 e. The van der Waals surface area contributed by atoms with Gasteiger partial charge in [-0.3, -0.25) is 9.59 Å². The molecule has 2 amide bonds. The highest BCUT2D eigenvalue weighted by Crippen LogP contribution is 2.34. The smallest absolute Gasteiger partial charge is 0.253 e. The average Bonchev–Trinajstić information content (AvgIpc) is 2.59. The van der Waals surface area contributed by atoms with Gasteiger partial charge in [0.25, 0.3) is 5.91 Å². The molecule has 0 aromatic heterocycles. The van der Waals surface area contributed by atoms with Gasteiger partial charge in [-0.15, -0.1) is 0 Å². The Morgan fingerprint density at radius 3 is 2.56 bits per heavy atom. The molecule has 27 heavy (non-hydrogen) atoms. The maximum absolute atomic E-state index is 12.7. The topological polar surface area (TPSA) is 58.2 Å². The summed E-state index contributed by atoms with van der Waals surface area (Å²) in [5, 5.41) is 6.49. The summed E-state index contributed by atoms with van der Waals surface area (Å²) in [5.74, 6) is -0.305. The van der Waals surface area contributed by atoms with Crippen molar-refractivity contribution in [2.24, 2.45) is 5.92 Å². The van der Waals surface area contributed by atoms with E-state index in [2.05, 4.69) is 22.8 Å². The van der Waals surface area contributed by atoms with Crippen molar-refractivity contribution in [2.75, 3.05) is 6.54 Å². The standard InChI is InChI=1S/C21H22Cl2N2O2/c1-12(2)19(25-20(26)17-8-7-15(22)10-18(17)23)21(27)24-11-14-9-13-5-3-4-6-16(13)14/h3-8,10,12,14,19H,9,11H2,1-2H3,(H,24,27)(H,25,26). The minimum Gasteiger partial charge on any atom is -0.354 e. The molecule has 0 fully saturated rings. The number of carbonyl (C=O) groups excluding carboxylic acids is 2. The van der Waals surface area contributed by atoms with Crippen LogP contribution in [0.5, 0.6) is 0 Å². The molecule has 0 radical (unpaired) electrons. The van der Waals surface area contributed by atoms with E-state index in [1.54, 1.807) is 12.1 Å². The predicted molar refractivity (Wildman–Crippen MR) is 108 cm³/mol. The van der Waals surface area contributed by atoms with Crippen molar-refractivity contribution in [3.63, 3.8) is 0 Å². The third kappa shape index (κ3) is 4.45. The van der Waals surface area contributed by atoms with Gasteiger partial charge in [-0.05, 0) is 41.7 Å². The molecule has 142 valence electrons. The number of rotatable bonds is 6. The zero-order valence-corrected chi connectivity index (χ0v) is 16.8. The monoisotopic (exact) mass is 404 g/mol. The number of fused-ring (bicyclic) bond motifs is 1. The number of halogens is 2. The summed E-state index contributed by atoms with van der Waals surface area (Å²) in [6.07, 6.45) is 0.968. The lowest BCUT2D eigenvalue weighted by Crippen LogP contribution is -2.50. The maximum atomic E-state index is 12.7. The van der Waals surface area contributed by atoms with E-state index < -0.39 is 6.04 Å². The third-order valence-corrected chi connectivity index (χ3v) is 5.44.